The van der Waals surface area contributed by atoms with E-state index in [0.717, 1.165) is 18.4 Å². The zero-order valence-corrected chi connectivity index (χ0v) is 13.7. The van der Waals surface area contributed by atoms with E-state index in [0.29, 0.717) is 17.9 Å². The van der Waals surface area contributed by atoms with Gasteiger partial charge >= 0.3 is 0 Å². The number of alkyl halides is 1. The third-order valence-electron chi connectivity index (χ3n) is 3.91. The van der Waals surface area contributed by atoms with Crippen LogP contribution in [-0.2, 0) is 14.6 Å². The van der Waals surface area contributed by atoms with Gasteiger partial charge < -0.3 is 10.1 Å². The number of carbonyl (C=O) groups is 1. The normalized spacial score (nSPS) is 25.4. The maximum absolute atomic E-state index is 12.2. The van der Waals surface area contributed by atoms with Crippen LogP contribution in [0.3, 0.4) is 0 Å². The van der Waals surface area contributed by atoms with E-state index in [1.807, 2.05) is 6.07 Å². The van der Waals surface area contributed by atoms with Crippen molar-refractivity contribution < 1.29 is 17.9 Å². The third-order valence-corrected chi connectivity index (χ3v) is 7.71. The van der Waals surface area contributed by atoms with Gasteiger partial charge in [-0.25, -0.2) is 8.42 Å². The van der Waals surface area contributed by atoms with Gasteiger partial charge in [-0.2, -0.15) is 0 Å². The van der Waals surface area contributed by atoms with Crippen LogP contribution in [0.15, 0.2) is 18.2 Å². The van der Waals surface area contributed by atoms with Gasteiger partial charge in [0.05, 0.1) is 21.5 Å². The summed E-state index contributed by atoms with van der Waals surface area (Å²) in [5, 5.41) is 2.33. The average molecular weight is 374 g/mol. The summed E-state index contributed by atoms with van der Waals surface area (Å²) >= 11 is 3.53. The molecule has 3 rings (SSSR count). The smallest absolute Gasteiger partial charge is 0.262 e. The summed E-state index contributed by atoms with van der Waals surface area (Å²) in [7, 11) is -3.07. The van der Waals surface area contributed by atoms with Gasteiger partial charge in [-0.1, -0.05) is 28.4 Å². The van der Waals surface area contributed by atoms with Crippen LogP contribution in [0.5, 0.6) is 5.75 Å². The van der Waals surface area contributed by atoms with Crippen molar-refractivity contribution in [1.29, 1.82) is 0 Å². The van der Waals surface area contributed by atoms with Crippen LogP contribution in [0.25, 0.3) is 0 Å². The quantitative estimate of drug-likeness (QED) is 0.807. The Hall–Kier alpha value is -1.08. The summed E-state index contributed by atoms with van der Waals surface area (Å²) in [6.45, 7) is 0.0150. The molecule has 2 aliphatic rings. The van der Waals surface area contributed by atoms with Crippen LogP contribution < -0.4 is 10.1 Å². The molecular formula is C14H16BrNO4S. The zero-order chi connectivity index (χ0) is 15.0. The first-order chi connectivity index (χ1) is 9.97. The van der Waals surface area contributed by atoms with E-state index in [1.54, 1.807) is 12.1 Å². The van der Waals surface area contributed by atoms with Crippen molar-refractivity contribution >= 4 is 37.4 Å². The number of ether oxygens (including phenoxy) is 1. The largest absolute Gasteiger partial charge is 0.482 e. The van der Waals surface area contributed by atoms with E-state index in [-0.39, 0.29) is 23.1 Å². The van der Waals surface area contributed by atoms with Gasteiger partial charge in [0.2, 0.25) is 0 Å². The molecule has 7 heteroatoms. The molecule has 1 aromatic carbocycles. The summed E-state index contributed by atoms with van der Waals surface area (Å²) in [5.41, 5.74) is 1.44. The SMILES string of the molecule is O=C1COc2ccc(C(Br)C3CCCCS3(=O)=O)cc2N1. The molecule has 0 aromatic heterocycles. The summed E-state index contributed by atoms with van der Waals surface area (Å²) in [5.74, 6) is 0.672. The first-order valence-corrected chi connectivity index (χ1v) is 9.53. The number of benzene rings is 1. The van der Waals surface area contributed by atoms with E-state index >= 15 is 0 Å². The molecule has 1 amide bonds. The minimum Gasteiger partial charge on any atom is -0.482 e. The van der Waals surface area contributed by atoms with Crippen molar-refractivity contribution in [3.63, 3.8) is 0 Å². The highest BCUT2D eigenvalue weighted by molar-refractivity contribution is 9.09. The molecule has 0 spiro atoms. The summed E-state index contributed by atoms with van der Waals surface area (Å²) in [6.07, 6.45) is 2.33. The number of nitrogens with one attached hydrogen (secondary N) is 1. The molecule has 2 aliphatic heterocycles. The molecule has 2 unspecified atom stereocenters. The predicted molar refractivity (Wildman–Crippen MR) is 83.7 cm³/mol. The van der Waals surface area contributed by atoms with Gasteiger partial charge in [0, 0.05) is 0 Å². The fourth-order valence-electron chi connectivity index (χ4n) is 2.79. The number of rotatable bonds is 2. The molecule has 5 nitrogen and oxygen atoms in total. The number of carbonyl (C=O) groups excluding carboxylic acids is 1. The molecular weight excluding hydrogens is 358 g/mol. The Morgan fingerprint density at radius 2 is 2.14 bits per heavy atom. The Balaban J connectivity index is 1.89. The Labute approximate surface area is 132 Å². The number of anilines is 1. The maximum Gasteiger partial charge on any atom is 0.262 e. The standard InChI is InChI=1S/C14H16BrNO4S/c15-14(12-3-1-2-6-21(12,18)19)9-4-5-11-10(7-9)16-13(17)8-20-11/h4-5,7,12,14H,1-3,6,8H2,(H,16,17). The number of fused-ring (bicyclic) bond motifs is 1. The van der Waals surface area contributed by atoms with E-state index in [1.165, 1.54) is 0 Å². The Morgan fingerprint density at radius 3 is 2.90 bits per heavy atom. The van der Waals surface area contributed by atoms with Gasteiger partial charge in [0.15, 0.2) is 16.4 Å². The molecule has 2 heterocycles. The van der Waals surface area contributed by atoms with Crippen LogP contribution in [0.2, 0.25) is 0 Å². The van der Waals surface area contributed by atoms with Crippen LogP contribution in [-0.4, -0.2) is 31.9 Å². The Bertz CT molecular complexity index is 674. The Morgan fingerprint density at radius 1 is 1.33 bits per heavy atom. The summed E-state index contributed by atoms with van der Waals surface area (Å²) < 4.78 is 29.7. The third kappa shape index (κ3) is 2.94. The molecule has 1 N–H and O–H groups in total. The minimum absolute atomic E-state index is 0.0150. The molecule has 21 heavy (non-hydrogen) atoms. The van der Waals surface area contributed by atoms with Crippen LogP contribution >= 0.6 is 15.9 Å². The second-order valence-corrected chi connectivity index (χ2v) is 8.72. The van der Waals surface area contributed by atoms with Gasteiger partial charge in [0.1, 0.15) is 5.75 Å². The zero-order valence-electron chi connectivity index (χ0n) is 11.3. The van der Waals surface area contributed by atoms with Gasteiger partial charge in [-0.05, 0) is 30.5 Å². The van der Waals surface area contributed by atoms with Crippen molar-refractivity contribution in [1.82, 2.24) is 0 Å². The van der Waals surface area contributed by atoms with Crippen molar-refractivity contribution in [2.24, 2.45) is 0 Å². The molecule has 1 fully saturated rings. The number of amides is 1. The van der Waals surface area contributed by atoms with Crippen LogP contribution in [0, 0.1) is 0 Å². The van der Waals surface area contributed by atoms with Crippen molar-refractivity contribution in [2.75, 3.05) is 17.7 Å². The fourth-order valence-corrected chi connectivity index (χ4v) is 6.29. The first-order valence-electron chi connectivity index (χ1n) is 6.89. The minimum atomic E-state index is -3.07. The summed E-state index contributed by atoms with van der Waals surface area (Å²) in [6, 6.07) is 5.41. The lowest BCUT2D eigenvalue weighted by atomic mass is 10.0. The first kappa shape index (κ1) is 14.8. The molecule has 2 atom stereocenters. The topological polar surface area (TPSA) is 72.5 Å². The molecule has 0 aliphatic carbocycles. The molecule has 0 radical (unpaired) electrons. The van der Waals surface area contributed by atoms with Gasteiger partial charge in [-0.3, -0.25) is 4.79 Å². The van der Waals surface area contributed by atoms with Crippen molar-refractivity contribution in [2.45, 2.75) is 29.3 Å². The predicted octanol–water partition coefficient (Wildman–Crippen LogP) is 2.42. The Kier molecular flexibility index (Phi) is 3.96. The lowest BCUT2D eigenvalue weighted by Crippen LogP contribution is -2.32. The van der Waals surface area contributed by atoms with E-state index in [2.05, 4.69) is 21.2 Å². The lowest BCUT2D eigenvalue weighted by molar-refractivity contribution is -0.118. The molecule has 114 valence electrons. The van der Waals surface area contributed by atoms with Crippen molar-refractivity contribution in [3.8, 4) is 5.75 Å². The number of hydrogen-bond acceptors (Lipinski definition) is 4. The number of hydrogen-bond donors (Lipinski definition) is 1. The monoisotopic (exact) mass is 373 g/mol. The second kappa shape index (κ2) is 5.61. The fraction of sp³-hybridized carbons (Fsp3) is 0.500. The second-order valence-electron chi connectivity index (χ2n) is 5.40. The van der Waals surface area contributed by atoms with Gasteiger partial charge in [-0.15, -0.1) is 0 Å². The maximum atomic E-state index is 12.2. The average Bonchev–Trinajstić information content (AvgIpc) is 2.45. The highest BCUT2D eigenvalue weighted by atomic mass is 79.9. The molecule has 1 aromatic rings. The highest BCUT2D eigenvalue weighted by Crippen LogP contribution is 2.39. The number of sulfone groups is 1. The van der Waals surface area contributed by atoms with E-state index < -0.39 is 15.1 Å². The molecule has 0 saturated carbocycles. The highest BCUT2D eigenvalue weighted by Gasteiger charge is 2.35. The van der Waals surface area contributed by atoms with Crippen molar-refractivity contribution in [3.05, 3.63) is 23.8 Å². The van der Waals surface area contributed by atoms with E-state index in [9.17, 15) is 13.2 Å². The molecule has 1 saturated heterocycles. The van der Waals surface area contributed by atoms with E-state index in [4.69, 9.17) is 4.74 Å². The van der Waals surface area contributed by atoms with Crippen LogP contribution in [0.1, 0.15) is 29.7 Å². The van der Waals surface area contributed by atoms with Gasteiger partial charge in [0.25, 0.3) is 5.91 Å². The number of halogens is 1. The van der Waals surface area contributed by atoms with Crippen LogP contribution in [0.4, 0.5) is 5.69 Å². The lowest BCUT2D eigenvalue weighted by Gasteiger charge is -2.27. The summed E-state index contributed by atoms with van der Waals surface area (Å²) in [4.78, 5) is 11.1. The molecule has 0 bridgehead atoms.